The molecule has 0 aliphatic heterocycles. The van der Waals surface area contributed by atoms with Crippen LogP contribution in [0.5, 0.6) is 5.75 Å². The van der Waals surface area contributed by atoms with Gasteiger partial charge in [-0.1, -0.05) is 12.1 Å². The van der Waals surface area contributed by atoms with Gasteiger partial charge in [-0.3, -0.25) is 14.4 Å². The second-order valence-corrected chi connectivity index (χ2v) is 7.67. The molecule has 0 radical (unpaired) electrons. The molecule has 1 aromatic carbocycles. The van der Waals surface area contributed by atoms with Crippen molar-refractivity contribution in [2.24, 2.45) is 17.1 Å². The van der Waals surface area contributed by atoms with Crippen molar-refractivity contribution in [2.75, 3.05) is 0 Å². The van der Waals surface area contributed by atoms with Crippen LogP contribution in [0.4, 0.5) is 0 Å². The van der Waals surface area contributed by atoms with Crippen molar-refractivity contribution < 1.29 is 34.8 Å². The van der Waals surface area contributed by atoms with E-state index in [1.807, 2.05) is 0 Å². The summed E-state index contributed by atoms with van der Waals surface area (Å²) < 4.78 is 0. The van der Waals surface area contributed by atoms with Gasteiger partial charge in [0.25, 0.3) is 0 Å². The third kappa shape index (κ3) is 2.35. The van der Waals surface area contributed by atoms with E-state index in [0.29, 0.717) is 5.56 Å². The van der Waals surface area contributed by atoms with E-state index in [1.54, 1.807) is 6.07 Å². The molecule has 1 fully saturated rings. The summed E-state index contributed by atoms with van der Waals surface area (Å²) in [6, 6.07) is 4.40. The van der Waals surface area contributed by atoms with Crippen LogP contribution < -0.4 is 5.73 Å². The molecule has 8 nitrogen and oxygen atoms in total. The number of phenolic OH excluding ortho intramolecular Hbond substituents is 1. The number of amides is 1. The maximum absolute atomic E-state index is 13.1. The number of hydrogen-bond acceptors (Lipinski definition) is 7. The lowest BCUT2D eigenvalue weighted by Gasteiger charge is -2.50. The number of carbonyl (C=O) groups excluding carboxylic acids is 3. The maximum Gasteiger partial charge on any atom is 0.228 e. The maximum atomic E-state index is 13.1. The Balaban J connectivity index is 0.00000225. The summed E-state index contributed by atoms with van der Waals surface area (Å²) in [5, 5.41) is 41.9. The summed E-state index contributed by atoms with van der Waals surface area (Å²) >= 11 is 0. The van der Waals surface area contributed by atoms with Gasteiger partial charge in [0, 0.05) is 12.3 Å². The van der Waals surface area contributed by atoms with Crippen molar-refractivity contribution in [3.05, 3.63) is 40.7 Å². The Morgan fingerprint density at radius 1 is 1.21 bits per heavy atom. The van der Waals surface area contributed by atoms with E-state index in [9.17, 15) is 34.8 Å². The Bertz CT molecular complexity index is 942. The van der Waals surface area contributed by atoms with Crippen LogP contribution in [0, 0.1) is 11.3 Å². The number of primary amides is 1. The highest BCUT2D eigenvalue weighted by Crippen LogP contribution is 2.56. The van der Waals surface area contributed by atoms with Gasteiger partial charge >= 0.3 is 0 Å². The first kappa shape index (κ1) is 20.3. The fourth-order valence-electron chi connectivity index (χ4n) is 4.92. The van der Waals surface area contributed by atoms with E-state index in [1.165, 1.54) is 12.1 Å². The first-order valence-electron chi connectivity index (χ1n) is 8.66. The number of Topliss-reactive ketones (excluding diaryl/α,β-unsaturated/α-hetero) is 2. The Kier molecular flexibility index (Phi) is 4.57. The smallest absolute Gasteiger partial charge is 0.228 e. The molecule has 6 N–H and O–H groups in total. The molecule has 1 amide bonds. The average Bonchev–Trinajstić information content (AvgIpc) is 2.57. The molecule has 4 unspecified atom stereocenters. The number of aliphatic hydroxyl groups excluding tert-OH is 2. The molecular weight excluding hydrogens is 390 g/mol. The molecule has 3 aliphatic rings. The highest BCUT2D eigenvalue weighted by molar-refractivity contribution is 6.18. The molecule has 1 saturated carbocycles. The second-order valence-electron chi connectivity index (χ2n) is 7.67. The number of phenols is 1. The third-order valence-electron chi connectivity index (χ3n) is 6.21. The molecule has 1 aromatic rings. The Hall–Kier alpha value is -2.42. The monoisotopic (exact) mass is 409 g/mol. The summed E-state index contributed by atoms with van der Waals surface area (Å²) in [6.45, 7) is 0. The third-order valence-corrected chi connectivity index (χ3v) is 6.21. The van der Waals surface area contributed by atoms with Crippen LogP contribution in [0.3, 0.4) is 0 Å². The molecule has 4 atom stereocenters. The first-order valence-corrected chi connectivity index (χ1v) is 8.66. The highest BCUT2D eigenvalue weighted by Gasteiger charge is 2.64. The van der Waals surface area contributed by atoms with Gasteiger partial charge in [-0.2, -0.15) is 0 Å². The quantitative estimate of drug-likeness (QED) is 0.446. The SMILES string of the molecule is Cl.NC(=O)C12Cc3cccc(O)c3C(=O)C1=C(O)C1(O)C(=O)CC(O)CC1C2. The number of aliphatic hydroxyl groups is 3. The number of benzene rings is 1. The lowest BCUT2D eigenvalue weighted by molar-refractivity contribution is -0.159. The van der Waals surface area contributed by atoms with Crippen LogP contribution in [-0.2, 0) is 16.0 Å². The van der Waals surface area contributed by atoms with Crippen LogP contribution in [0.1, 0.15) is 35.2 Å². The Morgan fingerprint density at radius 3 is 2.54 bits per heavy atom. The molecule has 0 heterocycles. The van der Waals surface area contributed by atoms with Crippen molar-refractivity contribution in [3.8, 4) is 5.75 Å². The minimum absolute atomic E-state index is 0. The lowest BCUT2D eigenvalue weighted by Crippen LogP contribution is -2.62. The zero-order valence-electron chi connectivity index (χ0n) is 14.7. The van der Waals surface area contributed by atoms with Crippen molar-refractivity contribution in [1.29, 1.82) is 0 Å². The number of halogens is 1. The van der Waals surface area contributed by atoms with Gasteiger partial charge in [0.05, 0.1) is 22.7 Å². The summed E-state index contributed by atoms with van der Waals surface area (Å²) in [5.74, 6) is -4.71. The standard InChI is InChI=1S/C19H19NO7.ClH/c20-17(26)18-6-8-2-1-3-11(22)13(8)15(24)14(18)16(25)19(27)9(7-18)4-10(21)5-12(19)23;/h1-3,9-10,21-22,25,27H,4-7H2,(H2,20,26);1H. The number of rotatable bonds is 1. The summed E-state index contributed by atoms with van der Waals surface area (Å²) in [7, 11) is 0. The van der Waals surface area contributed by atoms with Crippen LogP contribution in [0.25, 0.3) is 0 Å². The fourth-order valence-corrected chi connectivity index (χ4v) is 4.92. The largest absolute Gasteiger partial charge is 0.508 e. The molecule has 28 heavy (non-hydrogen) atoms. The normalized spacial score (nSPS) is 34.1. The summed E-state index contributed by atoms with van der Waals surface area (Å²) in [4.78, 5) is 38.1. The van der Waals surface area contributed by atoms with Gasteiger partial charge in [-0.05, 0) is 30.9 Å². The summed E-state index contributed by atoms with van der Waals surface area (Å²) in [5.41, 5.74) is 1.53. The number of fused-ring (bicyclic) bond motifs is 3. The van der Waals surface area contributed by atoms with E-state index >= 15 is 0 Å². The number of ketones is 2. The highest BCUT2D eigenvalue weighted by atomic mass is 35.5. The topological polar surface area (TPSA) is 158 Å². The van der Waals surface area contributed by atoms with Gasteiger partial charge < -0.3 is 26.2 Å². The zero-order valence-corrected chi connectivity index (χ0v) is 15.5. The van der Waals surface area contributed by atoms with Crippen molar-refractivity contribution in [2.45, 2.75) is 37.4 Å². The van der Waals surface area contributed by atoms with Crippen LogP contribution in [-0.4, -0.2) is 49.6 Å². The molecule has 0 saturated heterocycles. The summed E-state index contributed by atoms with van der Waals surface area (Å²) in [6.07, 6.45) is -1.63. The van der Waals surface area contributed by atoms with Crippen molar-refractivity contribution >= 4 is 29.9 Å². The Morgan fingerprint density at radius 2 is 1.89 bits per heavy atom. The molecular formula is C19H20ClNO7. The minimum atomic E-state index is -2.36. The van der Waals surface area contributed by atoms with E-state index in [0.717, 1.165) is 0 Å². The second kappa shape index (κ2) is 6.30. The average molecular weight is 410 g/mol. The van der Waals surface area contributed by atoms with Gasteiger partial charge in [0.15, 0.2) is 17.2 Å². The molecule has 3 aliphatic carbocycles. The van der Waals surface area contributed by atoms with Crippen LogP contribution in [0.15, 0.2) is 29.5 Å². The molecule has 0 aromatic heterocycles. The predicted molar refractivity (Wildman–Crippen MR) is 98.0 cm³/mol. The predicted octanol–water partition coefficient (Wildman–Crippen LogP) is 0.311. The van der Waals surface area contributed by atoms with E-state index < -0.39 is 51.8 Å². The molecule has 0 spiro atoms. The van der Waals surface area contributed by atoms with Gasteiger partial charge in [0.2, 0.25) is 5.91 Å². The van der Waals surface area contributed by atoms with Crippen molar-refractivity contribution in [1.82, 2.24) is 0 Å². The molecule has 0 bridgehead atoms. The lowest BCUT2D eigenvalue weighted by atomic mass is 9.53. The molecule has 150 valence electrons. The van der Waals surface area contributed by atoms with Gasteiger partial charge in [-0.25, -0.2) is 0 Å². The van der Waals surface area contributed by atoms with E-state index in [-0.39, 0.29) is 49.4 Å². The van der Waals surface area contributed by atoms with E-state index in [2.05, 4.69) is 0 Å². The fraction of sp³-hybridized carbons (Fsp3) is 0.421. The number of nitrogens with two attached hydrogens (primary N) is 1. The molecule has 9 heteroatoms. The number of carbonyl (C=O) groups is 3. The van der Waals surface area contributed by atoms with Gasteiger partial charge in [0.1, 0.15) is 11.5 Å². The molecule has 4 rings (SSSR count). The number of aromatic hydroxyl groups is 1. The van der Waals surface area contributed by atoms with Crippen molar-refractivity contribution in [3.63, 3.8) is 0 Å². The number of hydrogen-bond donors (Lipinski definition) is 5. The Labute approximate surface area is 166 Å². The van der Waals surface area contributed by atoms with Gasteiger partial charge in [-0.15, -0.1) is 12.4 Å². The first-order chi connectivity index (χ1) is 12.6. The van der Waals surface area contributed by atoms with Crippen LogP contribution >= 0.6 is 12.4 Å². The zero-order chi connectivity index (χ0) is 19.7. The van der Waals surface area contributed by atoms with Crippen LogP contribution in [0.2, 0.25) is 0 Å². The minimum Gasteiger partial charge on any atom is -0.508 e. The van der Waals surface area contributed by atoms with E-state index in [4.69, 9.17) is 5.73 Å².